The number of rotatable bonds is 4. The Hall–Kier alpha value is -3.08. The number of fused-ring (bicyclic) bond motifs is 3. The molecule has 0 saturated heterocycles. The third-order valence-corrected chi connectivity index (χ3v) is 4.68. The van der Waals surface area contributed by atoms with Crippen molar-refractivity contribution in [2.75, 3.05) is 23.8 Å². The highest BCUT2D eigenvalue weighted by Gasteiger charge is 2.21. The second-order valence-corrected chi connectivity index (χ2v) is 6.22. The molecule has 132 valence electrons. The number of hydrogen-bond acceptors (Lipinski definition) is 4. The summed E-state index contributed by atoms with van der Waals surface area (Å²) in [7, 11) is 1.88. The maximum absolute atomic E-state index is 13.6. The van der Waals surface area contributed by atoms with Crippen LogP contribution >= 0.6 is 0 Å². The van der Waals surface area contributed by atoms with Gasteiger partial charge in [-0.3, -0.25) is 0 Å². The van der Waals surface area contributed by atoms with Crippen LogP contribution < -0.4 is 10.2 Å². The van der Waals surface area contributed by atoms with Gasteiger partial charge in [0.15, 0.2) is 11.4 Å². The summed E-state index contributed by atoms with van der Waals surface area (Å²) in [6, 6.07) is 12.7. The van der Waals surface area contributed by atoms with Gasteiger partial charge in [-0.05, 0) is 43.7 Å². The predicted octanol–water partition coefficient (Wildman–Crippen LogP) is 5.63. The van der Waals surface area contributed by atoms with E-state index in [-0.39, 0.29) is 5.82 Å². The summed E-state index contributed by atoms with van der Waals surface area (Å²) >= 11 is 0. The van der Waals surface area contributed by atoms with Gasteiger partial charge in [-0.25, -0.2) is 9.37 Å². The predicted molar refractivity (Wildman–Crippen MR) is 105 cm³/mol. The fourth-order valence-corrected chi connectivity index (χ4v) is 3.45. The van der Waals surface area contributed by atoms with E-state index in [4.69, 9.17) is 4.42 Å². The highest BCUT2D eigenvalue weighted by atomic mass is 19.1. The zero-order chi connectivity index (χ0) is 18.3. The maximum atomic E-state index is 13.6. The zero-order valence-corrected chi connectivity index (χ0v) is 15.0. The molecule has 2 aromatic carbocycles. The van der Waals surface area contributed by atoms with Crippen LogP contribution in [0.5, 0.6) is 0 Å². The summed E-state index contributed by atoms with van der Waals surface area (Å²) in [5, 5.41) is 5.08. The molecule has 4 aromatic rings. The minimum absolute atomic E-state index is 0.302. The number of halogens is 1. The average Bonchev–Trinajstić information content (AvgIpc) is 3.01. The van der Waals surface area contributed by atoms with Crippen LogP contribution in [-0.2, 0) is 0 Å². The van der Waals surface area contributed by atoms with Crippen molar-refractivity contribution in [3.05, 3.63) is 60.0 Å². The first-order chi connectivity index (χ1) is 12.6. The first-order valence-corrected chi connectivity index (χ1v) is 8.65. The normalized spacial score (nSPS) is 11.2. The molecular weight excluding hydrogens is 329 g/mol. The SMILES string of the molecule is CCN(c1ncccc1NC)c1c(C)ccc2c1oc1cc(F)ccc12. The van der Waals surface area contributed by atoms with Crippen molar-refractivity contribution in [3.8, 4) is 0 Å². The van der Waals surface area contributed by atoms with Gasteiger partial charge in [0.05, 0.1) is 11.4 Å². The number of nitrogens with zero attached hydrogens (tertiary/aromatic N) is 2. The topological polar surface area (TPSA) is 41.3 Å². The van der Waals surface area contributed by atoms with Gasteiger partial charge in [0, 0.05) is 36.6 Å². The molecule has 0 aliphatic heterocycles. The van der Waals surface area contributed by atoms with Gasteiger partial charge in [-0.1, -0.05) is 12.1 Å². The van der Waals surface area contributed by atoms with Gasteiger partial charge in [0.2, 0.25) is 0 Å². The Balaban J connectivity index is 2.02. The third kappa shape index (κ3) is 2.47. The highest BCUT2D eigenvalue weighted by molar-refractivity contribution is 6.10. The zero-order valence-electron chi connectivity index (χ0n) is 15.0. The third-order valence-electron chi connectivity index (χ3n) is 4.68. The van der Waals surface area contributed by atoms with Gasteiger partial charge in [0.1, 0.15) is 11.4 Å². The minimum atomic E-state index is -0.302. The molecule has 4 rings (SSSR count). The molecule has 1 N–H and O–H groups in total. The van der Waals surface area contributed by atoms with E-state index in [2.05, 4.69) is 28.2 Å². The molecule has 0 bridgehead atoms. The van der Waals surface area contributed by atoms with Crippen molar-refractivity contribution in [3.63, 3.8) is 0 Å². The van der Waals surface area contributed by atoms with E-state index in [1.165, 1.54) is 12.1 Å². The molecule has 0 amide bonds. The largest absolute Gasteiger partial charge is 0.454 e. The Kier molecular flexibility index (Phi) is 3.99. The lowest BCUT2D eigenvalue weighted by molar-refractivity contribution is 0.618. The second kappa shape index (κ2) is 6.33. The van der Waals surface area contributed by atoms with E-state index in [9.17, 15) is 4.39 Å². The van der Waals surface area contributed by atoms with E-state index < -0.39 is 0 Å². The number of aromatic nitrogens is 1. The van der Waals surface area contributed by atoms with Crippen LogP contribution in [0.1, 0.15) is 12.5 Å². The van der Waals surface area contributed by atoms with Gasteiger partial charge < -0.3 is 14.6 Å². The van der Waals surface area contributed by atoms with E-state index in [0.29, 0.717) is 5.58 Å². The second-order valence-electron chi connectivity index (χ2n) is 6.22. The average molecular weight is 349 g/mol. The maximum Gasteiger partial charge on any atom is 0.159 e. The smallest absolute Gasteiger partial charge is 0.159 e. The summed E-state index contributed by atoms with van der Waals surface area (Å²) in [6.07, 6.45) is 1.78. The molecule has 5 heteroatoms. The van der Waals surface area contributed by atoms with Crippen LogP contribution in [0.15, 0.2) is 53.1 Å². The lowest BCUT2D eigenvalue weighted by Crippen LogP contribution is -2.20. The van der Waals surface area contributed by atoms with Gasteiger partial charge in [-0.2, -0.15) is 0 Å². The van der Waals surface area contributed by atoms with E-state index in [1.54, 1.807) is 12.3 Å². The molecule has 0 spiro atoms. The number of nitrogens with one attached hydrogen (secondary N) is 1. The van der Waals surface area contributed by atoms with Gasteiger partial charge in [-0.15, -0.1) is 0 Å². The van der Waals surface area contributed by atoms with Gasteiger partial charge in [0.25, 0.3) is 0 Å². The monoisotopic (exact) mass is 349 g/mol. The lowest BCUT2D eigenvalue weighted by atomic mass is 10.1. The first-order valence-electron chi connectivity index (χ1n) is 8.65. The van der Waals surface area contributed by atoms with E-state index in [0.717, 1.165) is 45.7 Å². The van der Waals surface area contributed by atoms with Crippen LogP contribution in [0.3, 0.4) is 0 Å². The quantitative estimate of drug-likeness (QED) is 0.518. The van der Waals surface area contributed by atoms with Crippen molar-refractivity contribution < 1.29 is 8.81 Å². The summed E-state index contributed by atoms with van der Waals surface area (Å²) in [5.41, 5.74) is 4.27. The molecule has 0 fully saturated rings. The summed E-state index contributed by atoms with van der Waals surface area (Å²) < 4.78 is 19.7. The molecule has 0 unspecified atom stereocenters. The fourth-order valence-electron chi connectivity index (χ4n) is 3.45. The molecule has 26 heavy (non-hydrogen) atoms. The van der Waals surface area contributed by atoms with Crippen LogP contribution in [-0.4, -0.2) is 18.6 Å². The minimum Gasteiger partial charge on any atom is -0.454 e. The lowest BCUT2D eigenvalue weighted by Gasteiger charge is -2.26. The Morgan fingerprint density at radius 1 is 1.15 bits per heavy atom. The number of anilines is 3. The summed E-state index contributed by atoms with van der Waals surface area (Å²) in [6.45, 7) is 4.85. The van der Waals surface area contributed by atoms with Crippen LogP contribution in [0, 0.1) is 12.7 Å². The number of pyridine rings is 1. The highest BCUT2D eigenvalue weighted by Crippen LogP contribution is 2.41. The molecule has 2 heterocycles. The number of hydrogen-bond donors (Lipinski definition) is 1. The van der Waals surface area contributed by atoms with Crippen molar-refractivity contribution in [2.24, 2.45) is 0 Å². The Morgan fingerprint density at radius 3 is 2.73 bits per heavy atom. The van der Waals surface area contributed by atoms with Crippen LogP contribution in [0.2, 0.25) is 0 Å². The molecule has 4 nitrogen and oxygen atoms in total. The number of benzene rings is 2. The first kappa shape index (κ1) is 16.4. The van der Waals surface area contributed by atoms with Crippen LogP contribution in [0.25, 0.3) is 21.9 Å². The van der Waals surface area contributed by atoms with Crippen molar-refractivity contribution >= 4 is 39.1 Å². The molecule has 0 aliphatic rings. The standard InChI is InChI=1S/C21H20FN3O/c1-4-25(21-17(23-3)6-5-11-24-21)19-13(2)7-9-16-15-10-8-14(22)12-18(15)26-20(16)19/h5-12,23H,4H2,1-3H3. The molecule has 0 saturated carbocycles. The summed E-state index contributed by atoms with van der Waals surface area (Å²) in [4.78, 5) is 6.70. The Bertz CT molecular complexity index is 1100. The van der Waals surface area contributed by atoms with Crippen molar-refractivity contribution in [2.45, 2.75) is 13.8 Å². The van der Waals surface area contributed by atoms with E-state index >= 15 is 0 Å². The molecule has 0 atom stereocenters. The Morgan fingerprint density at radius 2 is 1.96 bits per heavy atom. The number of furan rings is 1. The fraction of sp³-hybridized carbons (Fsp3) is 0.190. The Labute approximate surface area is 151 Å². The summed E-state index contributed by atoms with van der Waals surface area (Å²) in [5.74, 6) is 0.532. The van der Waals surface area contributed by atoms with E-state index in [1.807, 2.05) is 32.2 Å². The molecule has 2 aromatic heterocycles. The number of aryl methyl sites for hydroxylation is 1. The molecular formula is C21H20FN3O. The van der Waals surface area contributed by atoms with Crippen LogP contribution in [0.4, 0.5) is 21.6 Å². The molecule has 0 aliphatic carbocycles. The van der Waals surface area contributed by atoms with Gasteiger partial charge >= 0.3 is 0 Å². The molecule has 0 radical (unpaired) electrons. The van der Waals surface area contributed by atoms with Crippen molar-refractivity contribution in [1.29, 1.82) is 0 Å². The van der Waals surface area contributed by atoms with Crippen molar-refractivity contribution in [1.82, 2.24) is 4.98 Å².